The number of carbonyl (C=O) groups is 2. The highest BCUT2D eigenvalue weighted by Gasteiger charge is 2.34. The predicted molar refractivity (Wildman–Crippen MR) is 95.2 cm³/mol. The average Bonchev–Trinajstić information content (AvgIpc) is 3.16. The largest absolute Gasteiger partial charge is 0.497 e. The van der Waals surface area contributed by atoms with Crippen molar-refractivity contribution in [2.24, 2.45) is 0 Å². The quantitative estimate of drug-likeness (QED) is 0.615. The van der Waals surface area contributed by atoms with Gasteiger partial charge in [-0.3, -0.25) is 14.5 Å². The van der Waals surface area contributed by atoms with Crippen LogP contribution in [0.15, 0.2) is 60.3 Å². The van der Waals surface area contributed by atoms with Gasteiger partial charge in [0, 0.05) is 24.6 Å². The summed E-state index contributed by atoms with van der Waals surface area (Å²) in [5.41, 5.74) is 1.84. The molecule has 0 unspecified atom stereocenters. The monoisotopic (exact) mass is 340 g/mol. The summed E-state index contributed by atoms with van der Waals surface area (Å²) < 4.78 is 7.09. The SMILES string of the molecule is C=CCN1C(=O)S/C(=C/c2ccn(-c3ccc(OC)cc3)c2)C1=O. The van der Waals surface area contributed by atoms with Crippen LogP contribution in [-0.2, 0) is 4.79 Å². The first kappa shape index (κ1) is 16.1. The highest BCUT2D eigenvalue weighted by molar-refractivity contribution is 8.18. The first-order valence-corrected chi connectivity index (χ1v) is 8.12. The van der Waals surface area contributed by atoms with Crippen LogP contribution in [-0.4, -0.2) is 34.3 Å². The fourth-order valence-electron chi connectivity index (χ4n) is 2.35. The van der Waals surface area contributed by atoms with Crippen LogP contribution in [0.3, 0.4) is 0 Å². The molecule has 6 heteroatoms. The molecule has 1 aliphatic rings. The van der Waals surface area contributed by atoms with Gasteiger partial charge in [-0.05, 0) is 53.7 Å². The van der Waals surface area contributed by atoms with Crippen LogP contribution in [0.1, 0.15) is 5.56 Å². The molecule has 5 nitrogen and oxygen atoms in total. The molecule has 0 atom stereocenters. The number of thioether (sulfide) groups is 1. The maximum Gasteiger partial charge on any atom is 0.293 e. The summed E-state index contributed by atoms with van der Waals surface area (Å²) in [4.78, 5) is 25.6. The highest BCUT2D eigenvalue weighted by atomic mass is 32.2. The van der Waals surface area contributed by atoms with Crippen LogP contribution in [0, 0.1) is 0 Å². The van der Waals surface area contributed by atoms with E-state index in [2.05, 4.69) is 6.58 Å². The Bertz CT molecular complexity index is 821. The number of ether oxygens (including phenoxy) is 1. The molecule has 0 radical (unpaired) electrons. The van der Waals surface area contributed by atoms with Gasteiger partial charge in [-0.1, -0.05) is 6.08 Å². The Balaban J connectivity index is 1.82. The summed E-state index contributed by atoms with van der Waals surface area (Å²) in [7, 11) is 1.63. The molecule has 0 spiro atoms. The third-order valence-corrected chi connectivity index (χ3v) is 4.48. The van der Waals surface area contributed by atoms with Gasteiger partial charge in [-0.25, -0.2) is 0 Å². The maximum atomic E-state index is 12.2. The molecule has 1 aromatic heterocycles. The van der Waals surface area contributed by atoms with E-state index in [0.29, 0.717) is 4.91 Å². The molecular formula is C18H16N2O3S. The summed E-state index contributed by atoms with van der Waals surface area (Å²) in [5.74, 6) is 0.518. The van der Waals surface area contributed by atoms with Gasteiger partial charge >= 0.3 is 0 Å². The summed E-state index contributed by atoms with van der Waals surface area (Å²) in [5, 5.41) is -0.263. The van der Waals surface area contributed by atoms with Crippen LogP contribution in [0.5, 0.6) is 5.75 Å². The molecule has 1 fully saturated rings. The summed E-state index contributed by atoms with van der Waals surface area (Å²) in [6.45, 7) is 3.80. The number of hydrogen-bond acceptors (Lipinski definition) is 4. The molecule has 0 bridgehead atoms. The van der Waals surface area contributed by atoms with Gasteiger partial charge < -0.3 is 9.30 Å². The number of rotatable bonds is 5. The summed E-state index contributed by atoms with van der Waals surface area (Å²) in [6, 6.07) is 9.55. The molecule has 1 aliphatic heterocycles. The number of imide groups is 1. The van der Waals surface area contributed by atoms with Crippen molar-refractivity contribution in [2.75, 3.05) is 13.7 Å². The van der Waals surface area contributed by atoms with Crippen molar-refractivity contribution < 1.29 is 14.3 Å². The zero-order valence-electron chi connectivity index (χ0n) is 13.1. The van der Waals surface area contributed by atoms with E-state index in [9.17, 15) is 9.59 Å². The van der Waals surface area contributed by atoms with Crippen molar-refractivity contribution in [3.63, 3.8) is 0 Å². The minimum Gasteiger partial charge on any atom is -0.497 e. The number of methoxy groups -OCH3 is 1. The average molecular weight is 340 g/mol. The van der Waals surface area contributed by atoms with Gasteiger partial charge in [0.15, 0.2) is 0 Å². The molecule has 2 aromatic rings. The van der Waals surface area contributed by atoms with Crippen LogP contribution >= 0.6 is 11.8 Å². The number of nitrogens with zero attached hydrogens (tertiary/aromatic N) is 2. The van der Waals surface area contributed by atoms with E-state index in [4.69, 9.17) is 4.74 Å². The number of aromatic nitrogens is 1. The number of carbonyl (C=O) groups excluding carboxylic acids is 2. The fourth-order valence-corrected chi connectivity index (χ4v) is 3.20. The highest BCUT2D eigenvalue weighted by Crippen LogP contribution is 2.32. The number of hydrogen-bond donors (Lipinski definition) is 0. The van der Waals surface area contributed by atoms with Crippen molar-refractivity contribution in [3.8, 4) is 11.4 Å². The lowest BCUT2D eigenvalue weighted by Crippen LogP contribution is -2.27. The van der Waals surface area contributed by atoms with E-state index in [1.54, 1.807) is 19.3 Å². The Hall–Kier alpha value is -2.73. The molecular weight excluding hydrogens is 324 g/mol. The van der Waals surface area contributed by atoms with Gasteiger partial charge in [-0.15, -0.1) is 6.58 Å². The first-order chi connectivity index (χ1) is 11.6. The summed E-state index contributed by atoms with van der Waals surface area (Å²) in [6.07, 6.45) is 7.08. The fraction of sp³-hybridized carbons (Fsp3) is 0.111. The second-order valence-electron chi connectivity index (χ2n) is 5.13. The molecule has 2 heterocycles. The molecule has 0 aliphatic carbocycles. The van der Waals surface area contributed by atoms with Crippen molar-refractivity contribution in [2.45, 2.75) is 0 Å². The van der Waals surface area contributed by atoms with E-state index in [0.717, 1.165) is 28.8 Å². The van der Waals surface area contributed by atoms with Crippen molar-refractivity contribution >= 4 is 29.0 Å². The van der Waals surface area contributed by atoms with Crippen LogP contribution in [0.2, 0.25) is 0 Å². The smallest absolute Gasteiger partial charge is 0.293 e. The second-order valence-corrected chi connectivity index (χ2v) is 6.12. The second kappa shape index (κ2) is 6.80. The van der Waals surface area contributed by atoms with Crippen LogP contribution in [0.4, 0.5) is 4.79 Å². The normalized spacial score (nSPS) is 16.0. The Morgan fingerprint density at radius 1 is 1.21 bits per heavy atom. The Kier molecular flexibility index (Phi) is 4.57. The maximum absolute atomic E-state index is 12.2. The third kappa shape index (κ3) is 3.14. The lowest BCUT2D eigenvalue weighted by molar-refractivity contribution is -0.122. The standard InChI is InChI=1S/C18H16N2O3S/c1-3-9-20-17(21)16(24-18(20)22)11-13-8-10-19(12-13)14-4-6-15(23-2)7-5-14/h3-8,10-12H,1,9H2,2H3/b16-11+. The molecule has 24 heavy (non-hydrogen) atoms. The van der Waals surface area contributed by atoms with E-state index in [-0.39, 0.29) is 17.7 Å². The van der Waals surface area contributed by atoms with Gasteiger partial charge in [0.1, 0.15) is 5.75 Å². The molecule has 1 saturated heterocycles. The first-order valence-electron chi connectivity index (χ1n) is 7.31. The minimum absolute atomic E-state index is 0.231. The molecule has 0 N–H and O–H groups in total. The van der Waals surface area contributed by atoms with Crippen molar-refractivity contribution in [3.05, 3.63) is 65.8 Å². The lowest BCUT2D eigenvalue weighted by atomic mass is 10.3. The lowest BCUT2D eigenvalue weighted by Gasteiger charge is -2.07. The molecule has 122 valence electrons. The minimum atomic E-state index is -0.276. The van der Waals surface area contributed by atoms with E-state index in [1.165, 1.54) is 4.90 Å². The molecule has 1 aromatic carbocycles. The topological polar surface area (TPSA) is 51.5 Å². The van der Waals surface area contributed by atoms with Gasteiger partial charge in [0.2, 0.25) is 0 Å². The van der Waals surface area contributed by atoms with Gasteiger partial charge in [0.05, 0.1) is 12.0 Å². The number of benzene rings is 1. The Morgan fingerprint density at radius 2 is 1.96 bits per heavy atom. The Labute approximate surface area is 144 Å². The van der Waals surface area contributed by atoms with Crippen LogP contribution < -0.4 is 4.74 Å². The summed E-state index contributed by atoms with van der Waals surface area (Å²) >= 11 is 0.952. The molecule has 2 amide bonds. The van der Waals surface area contributed by atoms with Crippen molar-refractivity contribution in [1.29, 1.82) is 0 Å². The zero-order valence-corrected chi connectivity index (χ0v) is 14.0. The van der Waals surface area contributed by atoms with Crippen molar-refractivity contribution in [1.82, 2.24) is 9.47 Å². The zero-order chi connectivity index (χ0) is 17.1. The molecule has 3 rings (SSSR count). The molecule has 0 saturated carbocycles. The third-order valence-electron chi connectivity index (χ3n) is 3.57. The van der Waals surface area contributed by atoms with E-state index in [1.807, 2.05) is 47.3 Å². The van der Waals surface area contributed by atoms with E-state index < -0.39 is 0 Å². The number of amides is 2. The van der Waals surface area contributed by atoms with Gasteiger partial charge in [0.25, 0.3) is 11.1 Å². The van der Waals surface area contributed by atoms with E-state index >= 15 is 0 Å². The Morgan fingerprint density at radius 3 is 2.62 bits per heavy atom. The van der Waals surface area contributed by atoms with Gasteiger partial charge in [-0.2, -0.15) is 0 Å². The predicted octanol–water partition coefficient (Wildman–Crippen LogP) is 3.71. The van der Waals surface area contributed by atoms with Crippen LogP contribution in [0.25, 0.3) is 11.8 Å².